The van der Waals surface area contributed by atoms with Crippen LogP contribution in [0.25, 0.3) is 0 Å². The summed E-state index contributed by atoms with van der Waals surface area (Å²) in [4.78, 5) is 12.3. The summed E-state index contributed by atoms with van der Waals surface area (Å²) in [6, 6.07) is 14.9. The van der Waals surface area contributed by atoms with E-state index in [2.05, 4.69) is 22.2 Å². The lowest BCUT2D eigenvalue weighted by molar-refractivity contribution is -0.116. The number of anilines is 2. The summed E-state index contributed by atoms with van der Waals surface area (Å²) < 4.78 is 24.7. The largest absolute Gasteiger partial charge is 0.326 e. The molecule has 0 saturated heterocycles. The Bertz CT molecular complexity index is 845. The predicted octanol–water partition coefficient (Wildman–Crippen LogP) is 3.12. The zero-order chi connectivity index (χ0) is 17.2. The molecule has 24 heavy (non-hydrogen) atoms. The minimum absolute atomic E-state index is 0.0273. The van der Waals surface area contributed by atoms with E-state index in [1.54, 1.807) is 24.3 Å². The van der Waals surface area contributed by atoms with Gasteiger partial charge in [0.2, 0.25) is 15.9 Å². The first kappa shape index (κ1) is 16.5. The van der Waals surface area contributed by atoms with Crippen LogP contribution >= 0.6 is 0 Å². The number of aryl methyl sites for hydroxylation is 1. The maximum atomic E-state index is 12.3. The molecule has 2 aromatic rings. The molecule has 1 atom stereocenters. The Morgan fingerprint density at radius 1 is 1.08 bits per heavy atom. The molecular formula is C18H20N2O3S. The van der Waals surface area contributed by atoms with Crippen molar-refractivity contribution >= 4 is 27.3 Å². The fourth-order valence-corrected chi connectivity index (χ4v) is 3.69. The smallest absolute Gasteiger partial charge is 0.229 e. The van der Waals surface area contributed by atoms with Gasteiger partial charge in [-0.25, -0.2) is 8.42 Å². The number of nitrogens with one attached hydrogen (secondary N) is 2. The molecule has 1 amide bonds. The van der Waals surface area contributed by atoms with Crippen LogP contribution in [0.2, 0.25) is 0 Å². The highest BCUT2D eigenvalue weighted by Crippen LogP contribution is 2.35. The fraction of sp³-hybridized carbons (Fsp3) is 0.278. The molecule has 0 fully saturated rings. The van der Waals surface area contributed by atoms with Crippen molar-refractivity contribution in [3.8, 4) is 0 Å². The van der Waals surface area contributed by atoms with Crippen LogP contribution in [0.1, 0.15) is 29.9 Å². The van der Waals surface area contributed by atoms with Gasteiger partial charge in [-0.1, -0.05) is 24.3 Å². The topological polar surface area (TPSA) is 75.3 Å². The van der Waals surface area contributed by atoms with E-state index in [0.29, 0.717) is 17.8 Å². The van der Waals surface area contributed by atoms with Gasteiger partial charge in [0.1, 0.15) is 0 Å². The Hall–Kier alpha value is -2.34. The molecule has 1 aliphatic rings. The van der Waals surface area contributed by atoms with Crippen molar-refractivity contribution in [2.24, 2.45) is 0 Å². The van der Waals surface area contributed by atoms with Gasteiger partial charge in [0.05, 0.1) is 6.26 Å². The molecule has 2 N–H and O–H groups in total. The van der Waals surface area contributed by atoms with Gasteiger partial charge < -0.3 is 5.32 Å². The average molecular weight is 344 g/mol. The third-order valence-corrected chi connectivity index (χ3v) is 4.77. The number of hydrogen-bond donors (Lipinski definition) is 2. The van der Waals surface area contributed by atoms with Gasteiger partial charge in [-0.15, -0.1) is 0 Å². The van der Waals surface area contributed by atoms with E-state index < -0.39 is 10.0 Å². The van der Waals surface area contributed by atoms with Crippen LogP contribution in [0.3, 0.4) is 0 Å². The number of amides is 1. The van der Waals surface area contributed by atoms with E-state index >= 15 is 0 Å². The molecule has 6 heteroatoms. The van der Waals surface area contributed by atoms with Crippen molar-refractivity contribution in [2.45, 2.75) is 25.2 Å². The number of carbonyl (C=O) groups is 1. The lowest BCUT2D eigenvalue weighted by Gasteiger charge is -2.12. The summed E-state index contributed by atoms with van der Waals surface area (Å²) in [7, 11) is -3.29. The third-order valence-electron chi connectivity index (χ3n) is 4.16. The highest BCUT2D eigenvalue weighted by molar-refractivity contribution is 7.92. The van der Waals surface area contributed by atoms with Crippen molar-refractivity contribution < 1.29 is 13.2 Å². The summed E-state index contributed by atoms with van der Waals surface area (Å²) in [5.74, 6) is 0.243. The molecule has 5 nitrogen and oxygen atoms in total. The maximum Gasteiger partial charge on any atom is 0.229 e. The molecular weight excluding hydrogens is 324 g/mol. The molecule has 1 aliphatic carbocycles. The molecule has 0 radical (unpaired) electrons. The zero-order valence-electron chi connectivity index (χ0n) is 13.5. The van der Waals surface area contributed by atoms with Crippen LogP contribution in [-0.4, -0.2) is 20.6 Å². The normalized spacial score (nSPS) is 16.5. The summed E-state index contributed by atoms with van der Waals surface area (Å²) in [6.07, 6.45) is 3.59. The first-order valence-corrected chi connectivity index (χ1v) is 9.75. The number of rotatable bonds is 5. The molecule has 126 valence electrons. The van der Waals surface area contributed by atoms with Crippen molar-refractivity contribution in [1.82, 2.24) is 0 Å². The van der Waals surface area contributed by atoms with Crippen LogP contribution in [0.5, 0.6) is 0 Å². The standard InChI is InChI=1S/C18H20N2O3S/c1-24(22,23)20-16-10-8-15(9-11-16)19-18(21)12-14-7-6-13-4-2-3-5-17(13)14/h2-5,8-11,14,20H,6-7,12H2,1H3,(H,19,21)/t14-/m0/s1. The fourth-order valence-electron chi connectivity index (χ4n) is 3.13. The van der Waals surface area contributed by atoms with Gasteiger partial charge in [-0.3, -0.25) is 9.52 Å². The van der Waals surface area contributed by atoms with Gasteiger partial charge in [-0.2, -0.15) is 0 Å². The number of fused-ring (bicyclic) bond motifs is 1. The van der Waals surface area contributed by atoms with Crippen molar-refractivity contribution in [3.63, 3.8) is 0 Å². The van der Waals surface area contributed by atoms with E-state index in [1.807, 2.05) is 12.1 Å². The Balaban J connectivity index is 1.60. The van der Waals surface area contributed by atoms with Crippen molar-refractivity contribution in [3.05, 3.63) is 59.7 Å². The third kappa shape index (κ3) is 4.14. The lowest BCUT2D eigenvalue weighted by atomic mass is 9.97. The number of sulfonamides is 1. The molecule has 0 aromatic heterocycles. The zero-order valence-corrected chi connectivity index (χ0v) is 14.3. The highest BCUT2D eigenvalue weighted by atomic mass is 32.2. The SMILES string of the molecule is CS(=O)(=O)Nc1ccc(NC(=O)C[C@@H]2CCc3ccccc32)cc1. The van der Waals surface area contributed by atoms with Crippen LogP contribution in [0.4, 0.5) is 11.4 Å². The molecule has 0 heterocycles. The lowest BCUT2D eigenvalue weighted by Crippen LogP contribution is -2.15. The van der Waals surface area contributed by atoms with Gasteiger partial charge >= 0.3 is 0 Å². The van der Waals surface area contributed by atoms with Crippen LogP contribution in [-0.2, 0) is 21.2 Å². The minimum atomic E-state index is -3.29. The molecule has 2 aromatic carbocycles. The van der Waals surface area contributed by atoms with Gasteiger partial charge in [-0.05, 0) is 54.2 Å². The molecule has 3 rings (SSSR count). The first-order chi connectivity index (χ1) is 11.4. The Labute approximate surface area is 142 Å². The quantitative estimate of drug-likeness (QED) is 0.875. The second kappa shape index (κ2) is 6.65. The molecule has 0 saturated carbocycles. The van der Waals surface area contributed by atoms with Gasteiger partial charge in [0.25, 0.3) is 0 Å². The van der Waals surface area contributed by atoms with Crippen molar-refractivity contribution in [1.29, 1.82) is 0 Å². The second-order valence-corrected chi connectivity index (χ2v) is 7.89. The van der Waals surface area contributed by atoms with Gasteiger partial charge in [0, 0.05) is 17.8 Å². The molecule has 0 aliphatic heterocycles. The Morgan fingerprint density at radius 2 is 1.75 bits per heavy atom. The second-order valence-electron chi connectivity index (χ2n) is 6.14. The summed E-state index contributed by atoms with van der Waals surface area (Å²) in [5.41, 5.74) is 3.75. The number of benzene rings is 2. The van der Waals surface area contributed by atoms with Crippen LogP contribution in [0, 0.1) is 0 Å². The van der Waals surface area contributed by atoms with E-state index in [0.717, 1.165) is 19.1 Å². The van der Waals surface area contributed by atoms with E-state index in [4.69, 9.17) is 0 Å². The van der Waals surface area contributed by atoms with Gasteiger partial charge in [0.15, 0.2) is 0 Å². The summed E-state index contributed by atoms with van der Waals surface area (Å²) in [6.45, 7) is 0. The van der Waals surface area contributed by atoms with Crippen LogP contribution in [0.15, 0.2) is 48.5 Å². The van der Waals surface area contributed by atoms with E-state index in [-0.39, 0.29) is 11.8 Å². The molecule has 0 unspecified atom stereocenters. The maximum absolute atomic E-state index is 12.3. The Kier molecular flexibility index (Phi) is 4.57. The van der Waals surface area contributed by atoms with E-state index in [9.17, 15) is 13.2 Å². The summed E-state index contributed by atoms with van der Waals surface area (Å²) >= 11 is 0. The molecule has 0 bridgehead atoms. The predicted molar refractivity (Wildman–Crippen MR) is 95.7 cm³/mol. The molecule has 0 spiro atoms. The minimum Gasteiger partial charge on any atom is -0.326 e. The van der Waals surface area contributed by atoms with E-state index in [1.165, 1.54) is 11.1 Å². The monoisotopic (exact) mass is 344 g/mol. The number of hydrogen-bond acceptors (Lipinski definition) is 3. The van der Waals surface area contributed by atoms with Crippen molar-refractivity contribution in [2.75, 3.05) is 16.3 Å². The van der Waals surface area contributed by atoms with Crippen LogP contribution < -0.4 is 10.0 Å². The first-order valence-electron chi connectivity index (χ1n) is 7.86. The highest BCUT2D eigenvalue weighted by Gasteiger charge is 2.24. The Morgan fingerprint density at radius 3 is 2.46 bits per heavy atom. The summed E-state index contributed by atoms with van der Waals surface area (Å²) in [5, 5.41) is 2.87. The average Bonchev–Trinajstić information content (AvgIpc) is 2.91. The number of carbonyl (C=O) groups excluding carboxylic acids is 1.